The van der Waals surface area contributed by atoms with E-state index in [0.717, 1.165) is 12.8 Å². The van der Waals surface area contributed by atoms with E-state index in [2.05, 4.69) is 0 Å². The molecule has 2 aliphatic rings. The molecule has 0 aromatic heterocycles. The molecular formula is C11H11FO. The van der Waals surface area contributed by atoms with Crippen molar-refractivity contribution in [2.24, 2.45) is 0 Å². The average Bonchev–Trinajstić information content (AvgIpc) is 2.75. The van der Waals surface area contributed by atoms with E-state index >= 15 is 0 Å². The first-order chi connectivity index (χ1) is 6.33. The largest absolute Gasteiger partial charge is 0.370 e. The maximum Gasteiger partial charge on any atom is 0.123 e. The predicted octanol–water partition coefficient (Wildman–Crippen LogP) is 2.47. The number of ether oxygens (including phenoxy) is 1. The Bertz CT molecular complexity index is 309. The number of benzene rings is 1. The third kappa shape index (κ3) is 1.25. The minimum absolute atomic E-state index is 0.150. The maximum absolute atomic E-state index is 12.6. The van der Waals surface area contributed by atoms with Crippen molar-refractivity contribution in [2.75, 3.05) is 0 Å². The van der Waals surface area contributed by atoms with Gasteiger partial charge >= 0.3 is 0 Å². The SMILES string of the molecule is Fc1ccc([C@H]2C[C@@H]3O[C@@H]3C2)cc1. The van der Waals surface area contributed by atoms with Gasteiger partial charge in [0, 0.05) is 0 Å². The summed E-state index contributed by atoms with van der Waals surface area (Å²) >= 11 is 0. The van der Waals surface area contributed by atoms with Crippen molar-refractivity contribution in [3.63, 3.8) is 0 Å². The van der Waals surface area contributed by atoms with Gasteiger partial charge in [0.05, 0.1) is 12.2 Å². The molecule has 1 aromatic rings. The van der Waals surface area contributed by atoms with Gasteiger partial charge in [-0.05, 0) is 36.5 Å². The van der Waals surface area contributed by atoms with Crippen molar-refractivity contribution >= 4 is 0 Å². The second kappa shape index (κ2) is 2.55. The first kappa shape index (κ1) is 7.51. The molecule has 0 unspecified atom stereocenters. The Morgan fingerprint density at radius 3 is 2.31 bits per heavy atom. The lowest BCUT2D eigenvalue weighted by Crippen LogP contribution is -1.97. The number of halogens is 1. The average molecular weight is 178 g/mol. The third-order valence-electron chi connectivity index (χ3n) is 3.06. The molecule has 68 valence electrons. The molecule has 1 heterocycles. The quantitative estimate of drug-likeness (QED) is 0.602. The van der Waals surface area contributed by atoms with Crippen LogP contribution in [0.25, 0.3) is 0 Å². The van der Waals surface area contributed by atoms with Gasteiger partial charge in [0.25, 0.3) is 0 Å². The molecule has 1 saturated carbocycles. The van der Waals surface area contributed by atoms with Crippen molar-refractivity contribution in [3.05, 3.63) is 35.6 Å². The second-order valence-electron chi connectivity index (χ2n) is 3.93. The monoisotopic (exact) mass is 178 g/mol. The van der Waals surface area contributed by atoms with E-state index in [-0.39, 0.29) is 5.82 Å². The maximum atomic E-state index is 12.6. The van der Waals surface area contributed by atoms with Crippen LogP contribution in [-0.2, 0) is 4.74 Å². The summed E-state index contributed by atoms with van der Waals surface area (Å²) in [7, 11) is 0. The Kier molecular flexibility index (Phi) is 1.47. The predicted molar refractivity (Wildman–Crippen MR) is 47.0 cm³/mol. The molecule has 0 amide bonds. The second-order valence-corrected chi connectivity index (χ2v) is 3.93. The molecule has 2 heteroatoms. The van der Waals surface area contributed by atoms with Gasteiger partial charge in [-0.3, -0.25) is 0 Å². The number of hydrogen-bond acceptors (Lipinski definition) is 1. The van der Waals surface area contributed by atoms with Crippen LogP contribution in [0.2, 0.25) is 0 Å². The summed E-state index contributed by atoms with van der Waals surface area (Å²) in [6, 6.07) is 6.87. The molecule has 13 heavy (non-hydrogen) atoms. The Hall–Kier alpha value is -0.890. The van der Waals surface area contributed by atoms with Crippen LogP contribution in [0, 0.1) is 5.82 Å². The molecule has 1 aliphatic carbocycles. The lowest BCUT2D eigenvalue weighted by Gasteiger charge is -2.10. The van der Waals surface area contributed by atoms with Gasteiger partial charge in [0.1, 0.15) is 5.82 Å². The normalized spacial score (nSPS) is 35.9. The smallest absolute Gasteiger partial charge is 0.123 e. The molecule has 0 bridgehead atoms. The van der Waals surface area contributed by atoms with Gasteiger partial charge in [-0.1, -0.05) is 12.1 Å². The van der Waals surface area contributed by atoms with Crippen LogP contribution >= 0.6 is 0 Å². The standard InChI is InChI=1S/C11H11FO/c12-9-3-1-7(2-4-9)8-5-10-11(6-8)13-10/h1-4,8,10-11H,5-6H2/t8-,10-,11+. The molecule has 1 saturated heterocycles. The number of epoxide rings is 1. The van der Waals surface area contributed by atoms with Gasteiger partial charge in [0.2, 0.25) is 0 Å². The summed E-state index contributed by atoms with van der Waals surface area (Å²) in [5.74, 6) is 0.451. The first-order valence-electron chi connectivity index (χ1n) is 4.74. The van der Waals surface area contributed by atoms with Gasteiger partial charge in [-0.15, -0.1) is 0 Å². The van der Waals surface area contributed by atoms with E-state index in [1.54, 1.807) is 12.1 Å². The van der Waals surface area contributed by atoms with Gasteiger partial charge < -0.3 is 4.74 Å². The van der Waals surface area contributed by atoms with Crippen LogP contribution in [0.4, 0.5) is 4.39 Å². The van der Waals surface area contributed by atoms with Crippen LogP contribution < -0.4 is 0 Å². The zero-order valence-corrected chi connectivity index (χ0v) is 7.24. The van der Waals surface area contributed by atoms with Crippen molar-refractivity contribution < 1.29 is 9.13 Å². The highest BCUT2D eigenvalue weighted by molar-refractivity contribution is 5.23. The van der Waals surface area contributed by atoms with Crippen molar-refractivity contribution in [2.45, 2.75) is 31.0 Å². The zero-order chi connectivity index (χ0) is 8.84. The van der Waals surface area contributed by atoms with Crippen LogP contribution in [0.1, 0.15) is 24.3 Å². The summed E-state index contributed by atoms with van der Waals surface area (Å²) in [5.41, 5.74) is 1.26. The van der Waals surface area contributed by atoms with Crippen molar-refractivity contribution in [1.82, 2.24) is 0 Å². The fourth-order valence-corrected chi connectivity index (χ4v) is 2.26. The lowest BCUT2D eigenvalue weighted by molar-refractivity contribution is 0.304. The summed E-state index contributed by atoms with van der Waals surface area (Å²) in [4.78, 5) is 0. The van der Waals surface area contributed by atoms with E-state index in [1.807, 2.05) is 12.1 Å². The lowest BCUT2D eigenvalue weighted by atomic mass is 9.97. The highest BCUT2D eigenvalue weighted by Gasteiger charge is 2.48. The summed E-state index contributed by atoms with van der Waals surface area (Å²) in [6.07, 6.45) is 3.26. The number of rotatable bonds is 1. The van der Waals surface area contributed by atoms with Gasteiger partial charge in [0.15, 0.2) is 0 Å². The minimum Gasteiger partial charge on any atom is -0.370 e. The van der Waals surface area contributed by atoms with Gasteiger partial charge in [-0.25, -0.2) is 4.39 Å². The first-order valence-corrected chi connectivity index (χ1v) is 4.74. The van der Waals surface area contributed by atoms with Crippen LogP contribution in [-0.4, -0.2) is 12.2 Å². The van der Waals surface area contributed by atoms with E-state index < -0.39 is 0 Å². The molecule has 3 rings (SSSR count). The summed E-state index contributed by atoms with van der Waals surface area (Å²) in [5, 5.41) is 0. The molecule has 2 fully saturated rings. The van der Waals surface area contributed by atoms with Gasteiger partial charge in [-0.2, -0.15) is 0 Å². The van der Waals surface area contributed by atoms with E-state index in [0.29, 0.717) is 18.1 Å². The molecule has 1 aliphatic heterocycles. The highest BCUT2D eigenvalue weighted by atomic mass is 19.1. The van der Waals surface area contributed by atoms with Crippen LogP contribution in [0.3, 0.4) is 0 Å². The number of fused-ring (bicyclic) bond motifs is 1. The summed E-state index contributed by atoms with van der Waals surface area (Å²) < 4.78 is 18.0. The summed E-state index contributed by atoms with van der Waals surface area (Å²) in [6.45, 7) is 0. The fraction of sp³-hybridized carbons (Fsp3) is 0.455. The molecule has 0 spiro atoms. The van der Waals surface area contributed by atoms with Crippen LogP contribution in [0.5, 0.6) is 0 Å². The van der Waals surface area contributed by atoms with Crippen molar-refractivity contribution in [1.29, 1.82) is 0 Å². The molecule has 1 aromatic carbocycles. The molecule has 1 nitrogen and oxygen atoms in total. The Balaban J connectivity index is 1.81. The molecule has 0 N–H and O–H groups in total. The topological polar surface area (TPSA) is 12.5 Å². The minimum atomic E-state index is -0.150. The zero-order valence-electron chi connectivity index (χ0n) is 7.24. The van der Waals surface area contributed by atoms with E-state index in [9.17, 15) is 4.39 Å². The Labute approximate surface area is 76.5 Å². The fourth-order valence-electron chi connectivity index (χ4n) is 2.26. The Morgan fingerprint density at radius 2 is 1.69 bits per heavy atom. The molecule has 3 atom stereocenters. The van der Waals surface area contributed by atoms with E-state index in [4.69, 9.17) is 4.74 Å². The molecular weight excluding hydrogens is 167 g/mol. The van der Waals surface area contributed by atoms with E-state index in [1.165, 1.54) is 5.56 Å². The number of hydrogen-bond donors (Lipinski definition) is 0. The third-order valence-corrected chi connectivity index (χ3v) is 3.06. The Morgan fingerprint density at radius 1 is 1.08 bits per heavy atom. The highest BCUT2D eigenvalue weighted by Crippen LogP contribution is 2.46. The van der Waals surface area contributed by atoms with Crippen LogP contribution in [0.15, 0.2) is 24.3 Å². The van der Waals surface area contributed by atoms with Crippen molar-refractivity contribution in [3.8, 4) is 0 Å². The molecule has 0 radical (unpaired) electrons.